The van der Waals surface area contributed by atoms with Gasteiger partial charge < -0.3 is 10.6 Å². The molecule has 0 radical (unpaired) electrons. The summed E-state index contributed by atoms with van der Waals surface area (Å²) < 4.78 is 1.76. The molecule has 142 valence electrons. The fourth-order valence-corrected chi connectivity index (χ4v) is 3.55. The van der Waals surface area contributed by atoms with Crippen molar-refractivity contribution in [3.63, 3.8) is 0 Å². The van der Waals surface area contributed by atoms with E-state index in [-0.39, 0.29) is 11.9 Å². The van der Waals surface area contributed by atoms with Gasteiger partial charge in [0.15, 0.2) is 0 Å². The van der Waals surface area contributed by atoms with E-state index in [1.807, 2.05) is 30.3 Å². The van der Waals surface area contributed by atoms with Gasteiger partial charge in [-0.05, 0) is 29.2 Å². The molecule has 1 amide bonds. The Morgan fingerprint density at radius 1 is 1.14 bits per heavy atom. The number of rotatable bonds is 4. The largest absolute Gasteiger partial charge is 0.328 e. The molecule has 0 saturated carbocycles. The second-order valence-corrected chi connectivity index (χ2v) is 7.28. The quantitative estimate of drug-likeness (QED) is 0.719. The molecule has 0 fully saturated rings. The van der Waals surface area contributed by atoms with E-state index in [0.717, 1.165) is 11.3 Å². The first-order chi connectivity index (χ1) is 13.5. The number of carbonyl (C=O) groups is 1. The highest BCUT2D eigenvalue weighted by Gasteiger charge is 2.39. The van der Waals surface area contributed by atoms with Gasteiger partial charge in [0.05, 0.1) is 6.04 Å². The summed E-state index contributed by atoms with van der Waals surface area (Å²) >= 11 is 0. The second kappa shape index (κ2) is 7.31. The van der Waals surface area contributed by atoms with Crippen molar-refractivity contribution in [2.24, 2.45) is 5.92 Å². The summed E-state index contributed by atoms with van der Waals surface area (Å²) in [6, 6.07) is 17.4. The maximum atomic E-state index is 13.2. The van der Waals surface area contributed by atoms with Crippen molar-refractivity contribution in [2.45, 2.75) is 25.8 Å². The average Bonchev–Trinajstić information content (AvgIpc) is 3.15. The van der Waals surface area contributed by atoms with E-state index in [1.54, 1.807) is 4.68 Å². The van der Waals surface area contributed by atoms with Crippen LogP contribution >= 0.6 is 0 Å². The summed E-state index contributed by atoms with van der Waals surface area (Å²) in [7, 11) is 0. The molecule has 2 heterocycles. The zero-order chi connectivity index (χ0) is 19.7. The maximum Gasteiger partial charge on any atom is 0.235 e. The van der Waals surface area contributed by atoms with Crippen LogP contribution in [0.3, 0.4) is 0 Å². The van der Waals surface area contributed by atoms with E-state index in [4.69, 9.17) is 0 Å². The van der Waals surface area contributed by atoms with E-state index in [9.17, 15) is 4.79 Å². The topological polar surface area (TPSA) is 71.8 Å². The normalized spacial score (nSPS) is 18.5. The van der Waals surface area contributed by atoms with Gasteiger partial charge in [0.25, 0.3) is 0 Å². The second-order valence-electron chi connectivity index (χ2n) is 7.28. The molecule has 1 aliphatic rings. The van der Waals surface area contributed by atoms with E-state index >= 15 is 0 Å². The zero-order valence-electron chi connectivity index (χ0n) is 16.0. The minimum Gasteiger partial charge on any atom is -0.328 e. The van der Waals surface area contributed by atoms with Gasteiger partial charge in [0.2, 0.25) is 11.9 Å². The molecule has 1 aromatic heterocycles. The fourth-order valence-electron chi connectivity index (χ4n) is 3.55. The third-order valence-corrected chi connectivity index (χ3v) is 5.07. The minimum atomic E-state index is -0.528. The number of hydrogen-bond acceptors (Lipinski definition) is 4. The number of anilines is 2. The highest BCUT2D eigenvalue weighted by Crippen LogP contribution is 2.38. The molecular weight excluding hydrogens is 350 g/mol. The van der Waals surface area contributed by atoms with Crippen molar-refractivity contribution in [1.82, 2.24) is 14.8 Å². The van der Waals surface area contributed by atoms with Crippen LogP contribution in [0.4, 0.5) is 11.6 Å². The lowest BCUT2D eigenvalue weighted by molar-refractivity contribution is -0.119. The highest BCUT2D eigenvalue weighted by molar-refractivity contribution is 5.95. The standard InChI is InChI=1S/C22H23N5O/c1-14(2)16-9-11-17(12-10-16)20-19(15(3)25-22-23-13-24-27(20)22)21(28)26-18-7-5-4-6-8-18/h4-14,19-20H,3H2,1-2H3,(H,26,28)(H,23,24,25)/t19-,20-/m1/s1. The van der Waals surface area contributed by atoms with Gasteiger partial charge >= 0.3 is 0 Å². The summed E-state index contributed by atoms with van der Waals surface area (Å²) in [6.07, 6.45) is 1.49. The van der Waals surface area contributed by atoms with Gasteiger partial charge in [0, 0.05) is 11.4 Å². The Balaban J connectivity index is 1.72. The third-order valence-electron chi connectivity index (χ3n) is 5.07. The summed E-state index contributed by atoms with van der Waals surface area (Å²) in [5.41, 5.74) is 3.60. The van der Waals surface area contributed by atoms with E-state index in [0.29, 0.717) is 17.6 Å². The number of fused-ring (bicyclic) bond motifs is 1. The van der Waals surface area contributed by atoms with Crippen molar-refractivity contribution in [3.8, 4) is 0 Å². The van der Waals surface area contributed by atoms with Crippen LogP contribution < -0.4 is 10.6 Å². The molecule has 28 heavy (non-hydrogen) atoms. The average molecular weight is 373 g/mol. The maximum absolute atomic E-state index is 13.2. The molecule has 3 aromatic rings. The predicted molar refractivity (Wildman–Crippen MR) is 110 cm³/mol. The molecule has 4 rings (SSSR count). The van der Waals surface area contributed by atoms with E-state index in [2.05, 4.69) is 65.4 Å². The SMILES string of the molecule is C=C1Nc2ncnn2[C@H](c2ccc(C(C)C)cc2)[C@@H]1C(=O)Nc1ccccc1. The van der Waals surface area contributed by atoms with Crippen molar-refractivity contribution >= 4 is 17.5 Å². The third kappa shape index (κ3) is 3.29. The van der Waals surface area contributed by atoms with E-state index in [1.165, 1.54) is 11.9 Å². The summed E-state index contributed by atoms with van der Waals surface area (Å²) in [6.45, 7) is 8.42. The first-order valence-electron chi connectivity index (χ1n) is 9.35. The molecule has 6 nitrogen and oxygen atoms in total. The summed E-state index contributed by atoms with van der Waals surface area (Å²) in [5, 5.41) is 10.5. The van der Waals surface area contributed by atoms with Crippen LogP contribution in [-0.2, 0) is 4.79 Å². The molecule has 2 N–H and O–H groups in total. The lowest BCUT2D eigenvalue weighted by Crippen LogP contribution is -2.39. The summed E-state index contributed by atoms with van der Waals surface area (Å²) in [5.74, 6) is 0.366. The van der Waals surface area contributed by atoms with Gasteiger partial charge in [-0.15, -0.1) is 0 Å². The van der Waals surface area contributed by atoms with Crippen LogP contribution in [-0.4, -0.2) is 20.7 Å². The molecule has 6 heteroatoms. The Labute approximate surface area is 164 Å². The number of hydrogen-bond donors (Lipinski definition) is 2. The first kappa shape index (κ1) is 18.0. The van der Waals surface area contributed by atoms with Gasteiger partial charge in [-0.3, -0.25) is 4.79 Å². The van der Waals surface area contributed by atoms with Crippen molar-refractivity contribution < 1.29 is 4.79 Å². The van der Waals surface area contributed by atoms with Gasteiger partial charge in [-0.2, -0.15) is 10.1 Å². The molecule has 0 unspecified atom stereocenters. The molecule has 0 aliphatic carbocycles. The highest BCUT2D eigenvalue weighted by atomic mass is 16.2. The first-order valence-corrected chi connectivity index (χ1v) is 9.35. The molecule has 0 spiro atoms. The number of amides is 1. The van der Waals surface area contributed by atoms with Gasteiger partial charge in [-0.25, -0.2) is 4.68 Å². The van der Waals surface area contributed by atoms with Gasteiger partial charge in [-0.1, -0.05) is 62.9 Å². The lowest BCUT2D eigenvalue weighted by atomic mass is 9.87. The van der Waals surface area contributed by atoms with Crippen LogP contribution in [0.5, 0.6) is 0 Å². The van der Waals surface area contributed by atoms with Crippen LogP contribution in [0.1, 0.15) is 36.9 Å². The molecule has 2 aromatic carbocycles. The zero-order valence-corrected chi connectivity index (χ0v) is 16.0. The lowest BCUT2D eigenvalue weighted by Gasteiger charge is -2.34. The van der Waals surface area contributed by atoms with Crippen LogP contribution in [0.15, 0.2) is 73.2 Å². The predicted octanol–water partition coefficient (Wildman–Crippen LogP) is 4.19. The fraction of sp³-hybridized carbons (Fsp3) is 0.227. The Morgan fingerprint density at radius 2 is 1.86 bits per heavy atom. The van der Waals surface area contributed by atoms with Crippen LogP contribution in [0, 0.1) is 5.92 Å². The molecule has 1 aliphatic heterocycles. The number of nitrogens with zero attached hydrogens (tertiary/aromatic N) is 3. The Hall–Kier alpha value is -3.41. The number of nitrogens with one attached hydrogen (secondary N) is 2. The minimum absolute atomic E-state index is 0.136. The van der Waals surface area contributed by atoms with Crippen LogP contribution in [0.25, 0.3) is 0 Å². The molecule has 0 saturated heterocycles. The molecule has 0 bridgehead atoms. The Kier molecular flexibility index (Phi) is 4.69. The molecular formula is C22H23N5O. The number of benzene rings is 2. The van der Waals surface area contributed by atoms with Crippen molar-refractivity contribution in [1.29, 1.82) is 0 Å². The van der Waals surface area contributed by atoms with Crippen molar-refractivity contribution in [3.05, 3.63) is 84.3 Å². The van der Waals surface area contributed by atoms with E-state index < -0.39 is 5.92 Å². The Morgan fingerprint density at radius 3 is 2.54 bits per heavy atom. The summed E-state index contributed by atoms with van der Waals surface area (Å²) in [4.78, 5) is 17.4. The van der Waals surface area contributed by atoms with Crippen LogP contribution in [0.2, 0.25) is 0 Å². The molecule has 2 atom stereocenters. The number of para-hydroxylation sites is 1. The monoisotopic (exact) mass is 373 g/mol. The van der Waals surface area contributed by atoms with Crippen molar-refractivity contribution in [2.75, 3.05) is 10.6 Å². The smallest absolute Gasteiger partial charge is 0.235 e. The Bertz CT molecular complexity index is 991. The number of aromatic nitrogens is 3. The van der Waals surface area contributed by atoms with Gasteiger partial charge in [0.1, 0.15) is 12.2 Å². The number of carbonyl (C=O) groups excluding carboxylic acids is 1.